The minimum absolute atomic E-state index is 0.0728. The first-order chi connectivity index (χ1) is 10.4. The Morgan fingerprint density at radius 1 is 1.27 bits per heavy atom. The number of amides is 1. The summed E-state index contributed by atoms with van der Waals surface area (Å²) in [6, 6.07) is 4.73. The molecule has 1 saturated carbocycles. The molecule has 1 aliphatic carbocycles. The number of halogens is 2. The Labute approximate surface area is 138 Å². The lowest BCUT2D eigenvalue weighted by Gasteiger charge is -2.28. The molecule has 5 nitrogen and oxygen atoms in total. The van der Waals surface area contributed by atoms with Crippen LogP contribution in [0.25, 0.3) is 0 Å². The molecule has 0 aliphatic heterocycles. The molecule has 1 aliphatic rings. The van der Waals surface area contributed by atoms with Crippen molar-refractivity contribution < 1.29 is 19.4 Å². The highest BCUT2D eigenvalue weighted by Crippen LogP contribution is 2.33. The topological polar surface area (TPSA) is 75.6 Å². The van der Waals surface area contributed by atoms with E-state index in [1.807, 2.05) is 0 Å². The van der Waals surface area contributed by atoms with E-state index in [1.165, 1.54) is 6.07 Å². The van der Waals surface area contributed by atoms with Gasteiger partial charge in [0.25, 0.3) is 5.91 Å². The minimum atomic E-state index is -0.916. The third-order valence-electron chi connectivity index (χ3n) is 3.71. The molecule has 0 spiro atoms. The molecule has 1 aromatic rings. The number of nitrogens with one attached hydrogen (secondary N) is 1. The molecule has 2 N–H and O–H groups in total. The summed E-state index contributed by atoms with van der Waals surface area (Å²) < 4.78 is 5.36. The zero-order chi connectivity index (χ0) is 16.2. The van der Waals surface area contributed by atoms with Gasteiger partial charge in [-0.15, -0.1) is 0 Å². The fourth-order valence-electron chi connectivity index (χ4n) is 2.75. The van der Waals surface area contributed by atoms with E-state index in [4.69, 9.17) is 33.0 Å². The number of hydrogen-bond acceptors (Lipinski definition) is 3. The Kier molecular flexibility index (Phi) is 5.53. The van der Waals surface area contributed by atoms with Crippen LogP contribution in [0, 0.1) is 0 Å². The van der Waals surface area contributed by atoms with Gasteiger partial charge in [-0.2, -0.15) is 0 Å². The van der Waals surface area contributed by atoms with Gasteiger partial charge in [0.15, 0.2) is 6.61 Å². The van der Waals surface area contributed by atoms with E-state index in [-0.39, 0.29) is 18.9 Å². The van der Waals surface area contributed by atoms with E-state index in [2.05, 4.69) is 5.32 Å². The predicted molar refractivity (Wildman–Crippen MR) is 83.6 cm³/mol. The van der Waals surface area contributed by atoms with Crippen LogP contribution in [0.5, 0.6) is 5.75 Å². The largest absolute Gasteiger partial charge is 0.482 e. The molecule has 0 heterocycles. The van der Waals surface area contributed by atoms with Crippen LogP contribution in [0.15, 0.2) is 18.2 Å². The second-order valence-electron chi connectivity index (χ2n) is 5.47. The van der Waals surface area contributed by atoms with Crippen LogP contribution in [0.1, 0.15) is 32.1 Å². The molecule has 2 rings (SSSR count). The van der Waals surface area contributed by atoms with Gasteiger partial charge in [0.2, 0.25) is 0 Å². The third kappa shape index (κ3) is 4.52. The molecule has 1 fully saturated rings. The normalized spacial score (nSPS) is 16.3. The molecule has 1 amide bonds. The maximum absolute atomic E-state index is 12.1. The van der Waals surface area contributed by atoms with Crippen molar-refractivity contribution in [1.29, 1.82) is 0 Å². The van der Waals surface area contributed by atoms with Crippen LogP contribution in [0.2, 0.25) is 10.0 Å². The summed E-state index contributed by atoms with van der Waals surface area (Å²) >= 11 is 11.8. The molecule has 0 aromatic heterocycles. The van der Waals surface area contributed by atoms with Crippen LogP contribution in [0.3, 0.4) is 0 Å². The number of carboxylic acids is 1. The summed E-state index contributed by atoms with van der Waals surface area (Å²) in [4.78, 5) is 23.0. The molecule has 120 valence electrons. The summed E-state index contributed by atoms with van der Waals surface area (Å²) in [5.74, 6) is -0.955. The van der Waals surface area contributed by atoms with E-state index in [0.717, 1.165) is 12.8 Å². The second kappa shape index (κ2) is 7.20. The maximum atomic E-state index is 12.1. The van der Waals surface area contributed by atoms with Crippen molar-refractivity contribution in [3.05, 3.63) is 28.2 Å². The Balaban J connectivity index is 1.94. The van der Waals surface area contributed by atoms with Gasteiger partial charge in [-0.1, -0.05) is 36.0 Å². The predicted octanol–water partition coefficient (Wildman–Crippen LogP) is 3.28. The Morgan fingerprint density at radius 2 is 1.95 bits per heavy atom. The van der Waals surface area contributed by atoms with Crippen LogP contribution >= 0.6 is 23.2 Å². The summed E-state index contributed by atoms with van der Waals surface area (Å²) in [5.41, 5.74) is -0.662. The van der Waals surface area contributed by atoms with E-state index < -0.39 is 11.5 Å². The van der Waals surface area contributed by atoms with Gasteiger partial charge in [-0.25, -0.2) is 0 Å². The first kappa shape index (κ1) is 16.9. The van der Waals surface area contributed by atoms with E-state index in [0.29, 0.717) is 28.6 Å². The molecule has 22 heavy (non-hydrogen) atoms. The Morgan fingerprint density at radius 3 is 2.59 bits per heavy atom. The molecule has 0 bridgehead atoms. The number of aliphatic carboxylic acids is 1. The zero-order valence-electron chi connectivity index (χ0n) is 11.9. The fraction of sp³-hybridized carbons (Fsp3) is 0.467. The quantitative estimate of drug-likeness (QED) is 0.829. The fourth-order valence-corrected chi connectivity index (χ4v) is 3.08. The maximum Gasteiger partial charge on any atom is 0.305 e. The molecular weight excluding hydrogens is 329 g/mol. The van der Waals surface area contributed by atoms with Crippen LogP contribution < -0.4 is 10.1 Å². The van der Waals surface area contributed by atoms with Gasteiger partial charge < -0.3 is 15.2 Å². The lowest BCUT2D eigenvalue weighted by molar-refractivity contribution is -0.139. The summed E-state index contributed by atoms with van der Waals surface area (Å²) in [7, 11) is 0. The monoisotopic (exact) mass is 345 g/mol. The molecular formula is C15H17Cl2NO4. The molecule has 0 radical (unpaired) electrons. The molecule has 0 unspecified atom stereocenters. The molecule has 0 saturated heterocycles. The number of benzene rings is 1. The smallest absolute Gasteiger partial charge is 0.305 e. The number of ether oxygens (including phenoxy) is 1. The highest BCUT2D eigenvalue weighted by atomic mass is 35.5. The third-order valence-corrected chi connectivity index (χ3v) is 4.25. The number of carbonyl (C=O) groups excluding carboxylic acids is 1. The van der Waals surface area contributed by atoms with Gasteiger partial charge in [0, 0.05) is 11.1 Å². The van der Waals surface area contributed by atoms with Crippen LogP contribution in [-0.2, 0) is 9.59 Å². The highest BCUT2D eigenvalue weighted by molar-refractivity contribution is 6.34. The van der Waals surface area contributed by atoms with Gasteiger partial charge in [-0.3, -0.25) is 9.59 Å². The van der Waals surface area contributed by atoms with E-state index in [9.17, 15) is 9.59 Å². The van der Waals surface area contributed by atoms with Crippen molar-refractivity contribution in [2.24, 2.45) is 0 Å². The number of hydrogen-bond donors (Lipinski definition) is 2. The van der Waals surface area contributed by atoms with Crippen molar-refractivity contribution in [3.8, 4) is 5.75 Å². The van der Waals surface area contributed by atoms with Crippen molar-refractivity contribution in [3.63, 3.8) is 0 Å². The van der Waals surface area contributed by atoms with E-state index in [1.54, 1.807) is 12.1 Å². The first-order valence-corrected chi connectivity index (χ1v) is 7.76. The molecule has 7 heteroatoms. The van der Waals surface area contributed by atoms with Crippen molar-refractivity contribution in [2.75, 3.05) is 6.61 Å². The highest BCUT2D eigenvalue weighted by Gasteiger charge is 2.37. The van der Waals surface area contributed by atoms with Crippen LogP contribution in [0.4, 0.5) is 0 Å². The second-order valence-corrected chi connectivity index (χ2v) is 6.31. The minimum Gasteiger partial charge on any atom is -0.482 e. The Hall–Kier alpha value is -1.46. The summed E-state index contributed by atoms with van der Waals surface area (Å²) in [6.07, 6.45) is 3.09. The van der Waals surface area contributed by atoms with Gasteiger partial charge in [0.05, 0.1) is 17.0 Å². The summed E-state index contributed by atoms with van der Waals surface area (Å²) in [6.45, 7) is -0.235. The standard InChI is InChI=1S/C15H17Cl2NO4/c16-10-3-4-11(17)12(7-10)22-9-13(19)18-15(8-14(20)21)5-1-2-6-15/h3-4,7H,1-2,5-6,8-9H2,(H,18,19)(H,20,21). The average molecular weight is 346 g/mol. The molecule has 1 aromatic carbocycles. The number of carbonyl (C=O) groups is 2. The van der Waals surface area contributed by atoms with Crippen molar-refractivity contribution >= 4 is 35.1 Å². The van der Waals surface area contributed by atoms with Gasteiger partial charge in [-0.05, 0) is 25.0 Å². The Bertz CT molecular complexity index is 571. The SMILES string of the molecule is O=C(O)CC1(NC(=O)COc2cc(Cl)ccc2Cl)CCCC1. The average Bonchev–Trinajstić information content (AvgIpc) is 2.87. The lowest BCUT2D eigenvalue weighted by atomic mass is 9.93. The van der Waals surface area contributed by atoms with E-state index >= 15 is 0 Å². The number of carboxylic acid groups (broad SMARTS) is 1. The van der Waals surface area contributed by atoms with Crippen LogP contribution in [-0.4, -0.2) is 29.1 Å². The zero-order valence-corrected chi connectivity index (χ0v) is 13.4. The number of rotatable bonds is 6. The lowest BCUT2D eigenvalue weighted by Crippen LogP contribution is -2.49. The van der Waals surface area contributed by atoms with Gasteiger partial charge in [0.1, 0.15) is 5.75 Å². The van der Waals surface area contributed by atoms with Crippen molar-refractivity contribution in [1.82, 2.24) is 5.32 Å². The van der Waals surface area contributed by atoms with Gasteiger partial charge >= 0.3 is 5.97 Å². The molecule has 0 atom stereocenters. The first-order valence-electron chi connectivity index (χ1n) is 7.01. The van der Waals surface area contributed by atoms with Crippen molar-refractivity contribution in [2.45, 2.75) is 37.6 Å². The summed E-state index contributed by atoms with van der Waals surface area (Å²) in [5, 5.41) is 12.6.